The number of nitrogens with zero attached hydrogens (tertiary/aromatic N) is 2. The van der Waals surface area contributed by atoms with Crippen molar-refractivity contribution < 1.29 is 28.7 Å². The molecule has 6 aliphatic rings. The van der Waals surface area contributed by atoms with Crippen LogP contribution in [0.2, 0.25) is 0 Å². The summed E-state index contributed by atoms with van der Waals surface area (Å²) in [6.45, 7) is 0.305. The molecule has 6 rings (SSSR count). The van der Waals surface area contributed by atoms with Crippen molar-refractivity contribution in [2.45, 2.75) is 38.1 Å². The number of likely N-dealkylation sites (tertiary alicyclic amines) is 2. The predicted octanol–water partition coefficient (Wildman–Crippen LogP) is 1.31. The number of amides is 4. The number of esters is 1. The second-order valence-corrected chi connectivity index (χ2v) is 10.4. The van der Waals surface area contributed by atoms with Crippen molar-refractivity contribution in [2.24, 2.45) is 47.3 Å². The van der Waals surface area contributed by atoms with Gasteiger partial charge in [-0.25, -0.2) is 4.79 Å². The first-order chi connectivity index (χ1) is 15.9. The molecule has 2 aliphatic heterocycles. The third-order valence-corrected chi connectivity index (χ3v) is 8.96. The second kappa shape index (κ2) is 7.37. The largest absolute Gasteiger partial charge is 0.467 e. The monoisotopic (exact) mass is 452 g/mol. The number of carbonyl (C=O) groups excluding carboxylic acids is 5. The molecule has 0 N–H and O–H groups in total. The third-order valence-electron chi connectivity index (χ3n) is 8.96. The van der Waals surface area contributed by atoms with Crippen LogP contribution in [-0.2, 0) is 28.7 Å². The lowest BCUT2D eigenvalue weighted by atomic mass is 9.85. The summed E-state index contributed by atoms with van der Waals surface area (Å²) in [4.78, 5) is 67.0. The maximum Gasteiger partial charge on any atom is 0.329 e. The highest BCUT2D eigenvalue weighted by atomic mass is 16.5. The average molecular weight is 453 g/mol. The van der Waals surface area contributed by atoms with Gasteiger partial charge in [0.15, 0.2) is 0 Å². The Morgan fingerprint density at radius 1 is 0.818 bits per heavy atom. The summed E-state index contributed by atoms with van der Waals surface area (Å²) in [7, 11) is 1.26. The maximum atomic E-state index is 13.1. The predicted molar refractivity (Wildman–Crippen MR) is 114 cm³/mol. The van der Waals surface area contributed by atoms with E-state index in [-0.39, 0.29) is 77.4 Å². The standard InChI is InChI=1S/C25H28N2O6/c1-33-25(32)16(27-23(30)19-14-7-8-15(11-14)20(19)24(27)31)4-2-3-9-26-21(28)17-12-5-6-13(10-12)18(17)22(26)29/h5-8,12-20H,2-4,9-11H2,1H3/t12-,13-,14-,15-,16-,17-,18+,19+,20+/m0/s1. The summed E-state index contributed by atoms with van der Waals surface area (Å²) in [5.74, 6) is -1.89. The zero-order valence-electron chi connectivity index (χ0n) is 18.6. The van der Waals surface area contributed by atoms with Crippen molar-refractivity contribution in [3.63, 3.8) is 0 Å². The van der Waals surface area contributed by atoms with Gasteiger partial charge in [0.25, 0.3) is 0 Å². The van der Waals surface area contributed by atoms with Crippen LogP contribution in [0.25, 0.3) is 0 Å². The fourth-order valence-corrected chi connectivity index (χ4v) is 7.51. The van der Waals surface area contributed by atoms with Crippen molar-refractivity contribution in [3.05, 3.63) is 24.3 Å². The van der Waals surface area contributed by atoms with Gasteiger partial charge in [0.05, 0.1) is 30.8 Å². The van der Waals surface area contributed by atoms with Gasteiger partial charge >= 0.3 is 5.97 Å². The topological polar surface area (TPSA) is 101 Å². The van der Waals surface area contributed by atoms with Gasteiger partial charge < -0.3 is 4.74 Å². The van der Waals surface area contributed by atoms with Crippen LogP contribution in [-0.4, -0.2) is 59.1 Å². The highest BCUT2D eigenvalue weighted by Gasteiger charge is 2.61. The van der Waals surface area contributed by atoms with E-state index in [9.17, 15) is 24.0 Å². The van der Waals surface area contributed by atoms with E-state index in [1.807, 2.05) is 12.2 Å². The zero-order chi connectivity index (χ0) is 23.0. The van der Waals surface area contributed by atoms with E-state index < -0.39 is 12.0 Å². The SMILES string of the molecule is COC(=O)[C@H](CCCCN1C(=O)[C@@H]2[C@H](C1=O)[C@H]1C=C[C@H]2C1)N1C(=O)[C@H]2[C@H](C1=O)[C@H]1C=C[C@H]2C1. The molecule has 4 aliphatic carbocycles. The fraction of sp³-hybridized carbons (Fsp3) is 0.640. The Bertz CT molecular complexity index is 956. The number of fused-ring (bicyclic) bond motifs is 10. The Hall–Kier alpha value is -2.77. The van der Waals surface area contributed by atoms with Crippen LogP contribution < -0.4 is 0 Å². The summed E-state index contributed by atoms with van der Waals surface area (Å²) < 4.78 is 4.93. The number of imide groups is 2. The molecular formula is C25H28N2O6. The summed E-state index contributed by atoms with van der Waals surface area (Å²) in [6.07, 6.45) is 11.2. The molecule has 0 aromatic heterocycles. The molecule has 9 atom stereocenters. The molecule has 8 heteroatoms. The maximum absolute atomic E-state index is 13.1. The minimum atomic E-state index is -0.954. The number of rotatable bonds is 7. The molecule has 4 bridgehead atoms. The molecule has 0 unspecified atom stereocenters. The van der Waals surface area contributed by atoms with Crippen LogP contribution in [0.5, 0.6) is 0 Å². The number of methoxy groups -OCH3 is 1. The average Bonchev–Trinajstić information content (AvgIpc) is 3.64. The quantitative estimate of drug-likeness (QED) is 0.250. The van der Waals surface area contributed by atoms with Crippen molar-refractivity contribution in [3.8, 4) is 0 Å². The second-order valence-electron chi connectivity index (χ2n) is 10.4. The van der Waals surface area contributed by atoms with Gasteiger partial charge in [-0.1, -0.05) is 24.3 Å². The van der Waals surface area contributed by atoms with E-state index in [1.54, 1.807) is 0 Å². The molecule has 0 radical (unpaired) electrons. The van der Waals surface area contributed by atoms with Gasteiger partial charge in [-0.05, 0) is 55.8 Å². The van der Waals surface area contributed by atoms with Crippen LogP contribution in [0.1, 0.15) is 32.1 Å². The van der Waals surface area contributed by atoms with E-state index in [0.717, 1.165) is 17.7 Å². The molecule has 0 aromatic carbocycles. The van der Waals surface area contributed by atoms with Gasteiger partial charge in [-0.15, -0.1) is 0 Å². The molecule has 0 aromatic rings. The zero-order valence-corrected chi connectivity index (χ0v) is 18.6. The van der Waals surface area contributed by atoms with Crippen molar-refractivity contribution in [1.29, 1.82) is 0 Å². The number of carbonyl (C=O) groups is 5. The smallest absolute Gasteiger partial charge is 0.329 e. The van der Waals surface area contributed by atoms with Gasteiger partial charge in [0.1, 0.15) is 6.04 Å². The van der Waals surface area contributed by atoms with Crippen molar-refractivity contribution in [1.82, 2.24) is 9.80 Å². The number of hydrogen-bond donors (Lipinski definition) is 0. The molecule has 0 spiro atoms. The first-order valence-corrected chi connectivity index (χ1v) is 12.1. The highest BCUT2D eigenvalue weighted by molar-refractivity contribution is 6.09. The van der Waals surface area contributed by atoms with Gasteiger partial charge in [0.2, 0.25) is 23.6 Å². The van der Waals surface area contributed by atoms with Crippen LogP contribution in [0.3, 0.4) is 0 Å². The lowest BCUT2D eigenvalue weighted by molar-refractivity contribution is -0.157. The molecule has 4 amide bonds. The van der Waals surface area contributed by atoms with Gasteiger partial charge in [-0.3, -0.25) is 29.0 Å². The van der Waals surface area contributed by atoms with E-state index >= 15 is 0 Å². The van der Waals surface area contributed by atoms with Crippen LogP contribution in [0, 0.1) is 47.3 Å². The Labute approximate surface area is 192 Å². The fourth-order valence-electron chi connectivity index (χ4n) is 7.51. The van der Waals surface area contributed by atoms with Gasteiger partial charge in [-0.2, -0.15) is 0 Å². The molecule has 8 nitrogen and oxygen atoms in total. The molecule has 2 saturated carbocycles. The summed E-state index contributed by atoms with van der Waals surface area (Å²) in [5.41, 5.74) is 0. The first kappa shape index (κ1) is 20.8. The Kier molecular flexibility index (Phi) is 4.65. The van der Waals surface area contributed by atoms with Crippen LogP contribution in [0.4, 0.5) is 0 Å². The van der Waals surface area contributed by atoms with Gasteiger partial charge in [0, 0.05) is 6.54 Å². The summed E-state index contributed by atoms with van der Waals surface area (Å²) >= 11 is 0. The highest BCUT2D eigenvalue weighted by Crippen LogP contribution is 2.54. The summed E-state index contributed by atoms with van der Waals surface area (Å²) in [5, 5.41) is 0. The lowest BCUT2D eigenvalue weighted by Gasteiger charge is -2.26. The molecule has 2 saturated heterocycles. The number of hydrogen-bond acceptors (Lipinski definition) is 6. The molecule has 174 valence electrons. The molecule has 2 heterocycles. The molecule has 33 heavy (non-hydrogen) atoms. The number of allylic oxidation sites excluding steroid dienone is 4. The lowest BCUT2D eigenvalue weighted by Crippen LogP contribution is -2.47. The van der Waals surface area contributed by atoms with Crippen LogP contribution >= 0.6 is 0 Å². The Balaban J connectivity index is 1.09. The normalized spacial score (nSPS) is 40.4. The number of unbranched alkanes of at least 4 members (excludes halogenated alkanes) is 1. The number of ether oxygens (including phenoxy) is 1. The third kappa shape index (κ3) is 2.78. The van der Waals surface area contributed by atoms with E-state index in [4.69, 9.17) is 4.74 Å². The molecule has 4 fully saturated rings. The van der Waals surface area contributed by atoms with E-state index in [2.05, 4.69) is 12.2 Å². The van der Waals surface area contributed by atoms with Crippen molar-refractivity contribution in [2.75, 3.05) is 13.7 Å². The van der Waals surface area contributed by atoms with E-state index in [0.29, 0.717) is 19.4 Å². The Morgan fingerprint density at radius 2 is 1.27 bits per heavy atom. The first-order valence-electron chi connectivity index (χ1n) is 12.1. The van der Waals surface area contributed by atoms with Crippen LogP contribution in [0.15, 0.2) is 24.3 Å². The Morgan fingerprint density at radius 3 is 1.73 bits per heavy atom. The van der Waals surface area contributed by atoms with E-state index in [1.165, 1.54) is 12.0 Å². The van der Waals surface area contributed by atoms with Crippen molar-refractivity contribution >= 4 is 29.6 Å². The summed E-state index contributed by atoms with van der Waals surface area (Å²) in [6, 6.07) is -0.954. The minimum absolute atomic E-state index is 0.0768. The molecular weight excluding hydrogens is 424 g/mol. The minimum Gasteiger partial charge on any atom is -0.467 e.